The summed E-state index contributed by atoms with van der Waals surface area (Å²) in [6.45, 7) is 4.49. The topological polar surface area (TPSA) is 119 Å². The zero-order valence-electron chi connectivity index (χ0n) is 8.37. The molecule has 0 bridgehead atoms. The molecular formula is C7H18NO6P. The van der Waals surface area contributed by atoms with E-state index in [4.69, 9.17) is 20.0 Å². The van der Waals surface area contributed by atoms with Gasteiger partial charge in [-0.25, -0.2) is 4.57 Å². The van der Waals surface area contributed by atoms with E-state index in [-0.39, 0.29) is 19.8 Å². The zero-order chi connectivity index (χ0) is 12.2. The van der Waals surface area contributed by atoms with Gasteiger partial charge in [-0.1, -0.05) is 6.08 Å². The molecule has 0 aromatic carbocycles. The molecule has 0 radical (unpaired) electrons. The van der Waals surface area contributed by atoms with Gasteiger partial charge in [-0.05, 0) is 0 Å². The molecule has 0 aliphatic rings. The van der Waals surface area contributed by atoms with Crippen LogP contribution >= 0.6 is 7.82 Å². The number of hydrogen-bond donors (Lipinski definition) is 5. The molecule has 0 spiro atoms. The van der Waals surface area contributed by atoms with Crippen LogP contribution in [0.1, 0.15) is 0 Å². The van der Waals surface area contributed by atoms with E-state index >= 15 is 0 Å². The Morgan fingerprint density at radius 3 is 1.93 bits per heavy atom. The first-order valence-electron chi connectivity index (χ1n) is 4.21. The van der Waals surface area contributed by atoms with E-state index < -0.39 is 7.82 Å². The largest absolute Gasteiger partial charge is 0.469 e. The fraction of sp³-hybridized carbons (Fsp3) is 0.714. The van der Waals surface area contributed by atoms with Gasteiger partial charge in [0.2, 0.25) is 0 Å². The fourth-order valence-electron chi connectivity index (χ4n) is 0.433. The van der Waals surface area contributed by atoms with Gasteiger partial charge < -0.3 is 25.3 Å². The van der Waals surface area contributed by atoms with Gasteiger partial charge in [0.1, 0.15) is 0 Å². The molecular weight excluding hydrogens is 225 g/mol. The van der Waals surface area contributed by atoms with Crippen molar-refractivity contribution in [2.45, 2.75) is 0 Å². The molecule has 15 heavy (non-hydrogen) atoms. The van der Waals surface area contributed by atoms with Crippen LogP contribution < -0.4 is 5.32 Å². The average molecular weight is 243 g/mol. The van der Waals surface area contributed by atoms with Gasteiger partial charge >= 0.3 is 7.82 Å². The molecule has 0 aromatic rings. The summed E-state index contributed by atoms with van der Waals surface area (Å²) in [6, 6.07) is 0. The predicted molar refractivity (Wildman–Crippen MR) is 55.2 cm³/mol. The molecule has 0 aromatic heterocycles. The minimum Gasteiger partial charge on any atom is -0.395 e. The first kappa shape index (κ1) is 17.1. The van der Waals surface area contributed by atoms with Gasteiger partial charge in [-0.2, -0.15) is 0 Å². The second-order valence-electron chi connectivity index (χ2n) is 2.27. The molecule has 0 aliphatic carbocycles. The van der Waals surface area contributed by atoms with E-state index in [0.717, 1.165) is 0 Å². The maximum atomic E-state index is 9.81. The van der Waals surface area contributed by atoms with E-state index in [0.29, 0.717) is 13.1 Å². The van der Waals surface area contributed by atoms with Crippen LogP contribution in [-0.2, 0) is 9.09 Å². The minimum atomic E-state index is -4.25. The summed E-state index contributed by atoms with van der Waals surface area (Å²) >= 11 is 0. The van der Waals surface area contributed by atoms with Crippen molar-refractivity contribution >= 4 is 7.82 Å². The van der Waals surface area contributed by atoms with Gasteiger partial charge in [0.05, 0.1) is 19.8 Å². The third-order valence-electron chi connectivity index (χ3n) is 0.938. The van der Waals surface area contributed by atoms with E-state index in [9.17, 15) is 4.57 Å². The summed E-state index contributed by atoms with van der Waals surface area (Å²) in [4.78, 5) is 16.0. The molecule has 0 atom stereocenters. The highest BCUT2D eigenvalue weighted by Gasteiger charge is 2.10. The molecule has 7 nitrogen and oxygen atoms in total. The molecule has 0 heterocycles. The van der Waals surface area contributed by atoms with Gasteiger partial charge in [0, 0.05) is 13.1 Å². The highest BCUT2D eigenvalue weighted by Crippen LogP contribution is 2.35. The summed E-state index contributed by atoms with van der Waals surface area (Å²) in [7, 11) is -4.25. The van der Waals surface area contributed by atoms with E-state index in [1.54, 1.807) is 0 Å². The second-order valence-corrected chi connectivity index (χ2v) is 3.51. The van der Waals surface area contributed by atoms with Gasteiger partial charge in [0.25, 0.3) is 0 Å². The molecule has 0 unspecified atom stereocenters. The molecule has 92 valence electrons. The third kappa shape index (κ3) is 24.8. The highest BCUT2D eigenvalue weighted by molar-refractivity contribution is 7.46. The summed E-state index contributed by atoms with van der Waals surface area (Å²) in [5.74, 6) is 0. The summed E-state index contributed by atoms with van der Waals surface area (Å²) in [6.07, 6.45) is 1.26. The smallest absolute Gasteiger partial charge is 0.395 e. The fourth-order valence-corrected chi connectivity index (χ4v) is 0.733. The lowest BCUT2D eigenvalue weighted by molar-refractivity contribution is 0.216. The Morgan fingerprint density at radius 1 is 1.27 bits per heavy atom. The predicted octanol–water partition coefficient (Wildman–Crippen LogP) is -1.16. The highest BCUT2D eigenvalue weighted by atomic mass is 31.2. The summed E-state index contributed by atoms with van der Waals surface area (Å²) < 4.78 is 13.7. The van der Waals surface area contributed by atoms with Gasteiger partial charge in [-0.3, -0.25) is 4.52 Å². The van der Waals surface area contributed by atoms with E-state index in [1.807, 2.05) is 0 Å². The van der Waals surface area contributed by atoms with Crippen molar-refractivity contribution in [1.82, 2.24) is 5.32 Å². The molecule has 0 fully saturated rings. The van der Waals surface area contributed by atoms with Crippen LogP contribution in [0.4, 0.5) is 0 Å². The van der Waals surface area contributed by atoms with E-state index in [2.05, 4.69) is 16.4 Å². The molecule has 8 heteroatoms. The monoisotopic (exact) mass is 243 g/mol. The number of phosphoric acid groups is 1. The van der Waals surface area contributed by atoms with Gasteiger partial charge in [0.15, 0.2) is 0 Å². The molecule has 0 aliphatic heterocycles. The molecule has 0 saturated heterocycles. The quantitative estimate of drug-likeness (QED) is 0.217. The van der Waals surface area contributed by atoms with Crippen molar-refractivity contribution in [1.29, 1.82) is 0 Å². The lowest BCUT2D eigenvalue weighted by Gasteiger charge is -1.98. The van der Waals surface area contributed by atoms with Crippen LogP contribution in [-0.4, -0.2) is 52.9 Å². The van der Waals surface area contributed by atoms with Crippen molar-refractivity contribution in [2.24, 2.45) is 0 Å². The SMILES string of the molecule is C=CCOP(=O)(O)O.OCCNCCO. The lowest BCUT2D eigenvalue weighted by atomic mass is 10.6. The minimum absolute atomic E-state index is 0.121. The van der Waals surface area contributed by atoms with Crippen molar-refractivity contribution in [2.75, 3.05) is 32.9 Å². The Labute approximate surface area is 88.6 Å². The normalized spacial score (nSPS) is 10.4. The number of nitrogens with one attached hydrogen (secondary N) is 1. The maximum absolute atomic E-state index is 9.81. The standard InChI is InChI=1S/C4H11NO2.C3H7O4P/c6-3-1-5-2-4-7;1-2-3-7-8(4,5)6/h5-7H,1-4H2;2H,1,3H2,(H2,4,5,6). The van der Waals surface area contributed by atoms with Crippen LogP contribution in [0.15, 0.2) is 12.7 Å². The number of rotatable bonds is 7. The van der Waals surface area contributed by atoms with Crippen molar-refractivity contribution in [3.63, 3.8) is 0 Å². The summed E-state index contributed by atoms with van der Waals surface area (Å²) in [5, 5.41) is 19.1. The molecule has 0 amide bonds. The second kappa shape index (κ2) is 11.8. The maximum Gasteiger partial charge on any atom is 0.469 e. The van der Waals surface area contributed by atoms with Crippen LogP contribution in [0.3, 0.4) is 0 Å². The lowest BCUT2D eigenvalue weighted by Crippen LogP contribution is -2.21. The average Bonchev–Trinajstić information content (AvgIpc) is 2.16. The molecule has 5 N–H and O–H groups in total. The Hall–Kier alpha value is -0.270. The van der Waals surface area contributed by atoms with Crippen LogP contribution in [0.25, 0.3) is 0 Å². The Kier molecular flexibility index (Phi) is 13.5. The summed E-state index contributed by atoms with van der Waals surface area (Å²) in [5.41, 5.74) is 0. The van der Waals surface area contributed by atoms with Crippen LogP contribution in [0.5, 0.6) is 0 Å². The number of aliphatic hydroxyl groups excluding tert-OH is 2. The first-order valence-corrected chi connectivity index (χ1v) is 5.74. The number of hydrogen-bond acceptors (Lipinski definition) is 5. The third-order valence-corrected chi connectivity index (χ3v) is 1.42. The molecule has 0 saturated carbocycles. The van der Waals surface area contributed by atoms with Crippen molar-refractivity contribution in [3.05, 3.63) is 12.7 Å². The Morgan fingerprint density at radius 2 is 1.73 bits per heavy atom. The zero-order valence-corrected chi connectivity index (χ0v) is 9.27. The van der Waals surface area contributed by atoms with Crippen LogP contribution in [0.2, 0.25) is 0 Å². The number of aliphatic hydroxyl groups is 2. The van der Waals surface area contributed by atoms with Crippen molar-refractivity contribution in [3.8, 4) is 0 Å². The first-order chi connectivity index (χ1) is 6.97. The Balaban J connectivity index is 0. The number of phosphoric ester groups is 1. The van der Waals surface area contributed by atoms with Crippen LogP contribution in [0, 0.1) is 0 Å². The van der Waals surface area contributed by atoms with Gasteiger partial charge in [-0.15, -0.1) is 6.58 Å². The molecule has 0 rings (SSSR count). The van der Waals surface area contributed by atoms with Crippen molar-refractivity contribution < 1.29 is 29.1 Å². The Bertz CT molecular complexity index is 178. The van der Waals surface area contributed by atoms with E-state index in [1.165, 1.54) is 6.08 Å².